The molecule has 0 atom stereocenters. The van der Waals surface area contributed by atoms with E-state index in [4.69, 9.17) is 22.1 Å². The fourth-order valence-electron chi connectivity index (χ4n) is 1.09. The second-order valence-corrected chi connectivity index (χ2v) is 3.43. The lowest BCUT2D eigenvalue weighted by molar-refractivity contribution is 0.154. The van der Waals surface area contributed by atoms with Crippen LogP contribution in [0.5, 0.6) is 0 Å². The van der Waals surface area contributed by atoms with Gasteiger partial charge in [-0.1, -0.05) is 11.6 Å². The molecule has 15 heavy (non-hydrogen) atoms. The van der Waals surface area contributed by atoms with E-state index in [-0.39, 0.29) is 5.95 Å². The summed E-state index contributed by atoms with van der Waals surface area (Å²) >= 11 is 5.94. The van der Waals surface area contributed by atoms with E-state index in [1.807, 2.05) is 18.9 Å². The molecular weight excluding hydrogens is 216 g/mol. The molecule has 0 unspecified atom stereocenters. The number of likely N-dealkylation sites (N-methyl/N-ethyl adjacent to an activating group) is 1. The van der Waals surface area contributed by atoms with Crippen LogP contribution in [-0.2, 0) is 4.74 Å². The maximum atomic E-state index is 5.94. The first-order valence-corrected chi connectivity index (χ1v) is 5.09. The van der Waals surface area contributed by atoms with Gasteiger partial charge < -0.3 is 15.4 Å². The average Bonchev–Trinajstić information content (AvgIpc) is 2.22. The molecule has 0 amide bonds. The van der Waals surface area contributed by atoms with E-state index in [1.54, 1.807) is 0 Å². The molecule has 0 fully saturated rings. The Balaban J connectivity index is 2.64. The Hall–Kier alpha value is -1.07. The van der Waals surface area contributed by atoms with Crippen molar-refractivity contribution in [1.82, 2.24) is 9.97 Å². The molecule has 0 aromatic carbocycles. The van der Waals surface area contributed by atoms with Crippen LogP contribution in [0.15, 0.2) is 6.20 Å². The molecular formula is C9H15ClN4O. The van der Waals surface area contributed by atoms with Crippen molar-refractivity contribution in [3.63, 3.8) is 0 Å². The highest BCUT2D eigenvalue weighted by atomic mass is 35.5. The number of hydrogen-bond donors (Lipinski definition) is 1. The number of nitrogen functional groups attached to an aromatic ring is 1. The van der Waals surface area contributed by atoms with E-state index in [2.05, 4.69) is 9.97 Å². The van der Waals surface area contributed by atoms with Crippen LogP contribution in [0.25, 0.3) is 0 Å². The maximum Gasteiger partial charge on any atom is 0.222 e. The van der Waals surface area contributed by atoms with E-state index in [1.165, 1.54) is 6.20 Å². The summed E-state index contributed by atoms with van der Waals surface area (Å²) in [6, 6.07) is 0. The van der Waals surface area contributed by atoms with Crippen molar-refractivity contribution in [2.24, 2.45) is 0 Å². The zero-order chi connectivity index (χ0) is 11.3. The normalized spacial score (nSPS) is 10.3. The highest BCUT2D eigenvalue weighted by Crippen LogP contribution is 2.21. The molecule has 1 aromatic rings. The third kappa shape index (κ3) is 3.53. The Bertz CT molecular complexity index is 321. The van der Waals surface area contributed by atoms with Crippen molar-refractivity contribution >= 4 is 23.4 Å². The number of hydrogen-bond acceptors (Lipinski definition) is 5. The predicted octanol–water partition coefficient (Wildman–Crippen LogP) is 1.18. The Morgan fingerprint density at radius 2 is 2.33 bits per heavy atom. The van der Waals surface area contributed by atoms with Gasteiger partial charge in [0.25, 0.3) is 0 Å². The van der Waals surface area contributed by atoms with Crippen LogP contribution in [0.3, 0.4) is 0 Å². The molecule has 84 valence electrons. The summed E-state index contributed by atoms with van der Waals surface area (Å²) in [5.74, 6) is 0.849. The van der Waals surface area contributed by atoms with Gasteiger partial charge in [0.2, 0.25) is 5.95 Å². The number of anilines is 2. The van der Waals surface area contributed by atoms with Crippen molar-refractivity contribution in [2.45, 2.75) is 6.92 Å². The van der Waals surface area contributed by atoms with Gasteiger partial charge in [0, 0.05) is 20.2 Å². The lowest BCUT2D eigenvalue weighted by Crippen LogP contribution is -2.24. The lowest BCUT2D eigenvalue weighted by atomic mass is 10.5. The van der Waals surface area contributed by atoms with Crippen LogP contribution in [0.2, 0.25) is 5.02 Å². The van der Waals surface area contributed by atoms with Gasteiger partial charge in [-0.05, 0) is 6.92 Å². The first-order chi connectivity index (χ1) is 7.15. The minimum atomic E-state index is 0.220. The van der Waals surface area contributed by atoms with Gasteiger partial charge >= 0.3 is 0 Å². The molecule has 0 saturated carbocycles. The van der Waals surface area contributed by atoms with E-state index < -0.39 is 0 Å². The van der Waals surface area contributed by atoms with Crippen molar-refractivity contribution in [1.29, 1.82) is 0 Å². The highest BCUT2D eigenvalue weighted by molar-refractivity contribution is 6.32. The SMILES string of the molecule is CCOCCN(C)c1nc(N)ncc1Cl. The Morgan fingerprint density at radius 3 is 3.00 bits per heavy atom. The fourth-order valence-corrected chi connectivity index (χ4v) is 1.33. The van der Waals surface area contributed by atoms with Crippen LogP contribution in [0.1, 0.15) is 6.92 Å². The lowest BCUT2D eigenvalue weighted by Gasteiger charge is -2.18. The van der Waals surface area contributed by atoms with E-state index in [0.717, 1.165) is 0 Å². The molecule has 6 heteroatoms. The van der Waals surface area contributed by atoms with E-state index in [9.17, 15) is 0 Å². The van der Waals surface area contributed by atoms with Gasteiger partial charge in [-0.3, -0.25) is 0 Å². The number of halogens is 1. The third-order valence-electron chi connectivity index (χ3n) is 1.88. The molecule has 1 aromatic heterocycles. The Labute approximate surface area is 94.2 Å². The zero-order valence-corrected chi connectivity index (χ0v) is 9.66. The quantitative estimate of drug-likeness (QED) is 0.770. The van der Waals surface area contributed by atoms with E-state index in [0.29, 0.717) is 30.6 Å². The summed E-state index contributed by atoms with van der Waals surface area (Å²) in [7, 11) is 1.88. The third-order valence-corrected chi connectivity index (χ3v) is 2.15. The molecule has 0 radical (unpaired) electrons. The minimum absolute atomic E-state index is 0.220. The van der Waals surface area contributed by atoms with Crippen LogP contribution >= 0.6 is 11.6 Å². The van der Waals surface area contributed by atoms with Gasteiger partial charge in [0.1, 0.15) is 5.02 Å². The Morgan fingerprint density at radius 1 is 1.60 bits per heavy atom. The standard InChI is InChI=1S/C9H15ClN4O/c1-3-15-5-4-14(2)8-7(10)6-12-9(11)13-8/h6H,3-5H2,1-2H3,(H2,11,12,13). The smallest absolute Gasteiger partial charge is 0.222 e. The van der Waals surface area contributed by atoms with Gasteiger partial charge in [-0.2, -0.15) is 4.98 Å². The number of aromatic nitrogens is 2. The summed E-state index contributed by atoms with van der Waals surface area (Å²) in [6.45, 7) is 4.00. The first-order valence-electron chi connectivity index (χ1n) is 4.72. The van der Waals surface area contributed by atoms with Crippen LogP contribution in [0.4, 0.5) is 11.8 Å². The summed E-state index contributed by atoms with van der Waals surface area (Å²) in [5, 5.41) is 0.489. The molecule has 2 N–H and O–H groups in total. The maximum absolute atomic E-state index is 5.94. The predicted molar refractivity (Wildman–Crippen MR) is 61.2 cm³/mol. The van der Waals surface area contributed by atoms with Crippen LogP contribution in [0, 0.1) is 0 Å². The van der Waals surface area contributed by atoms with Gasteiger partial charge in [0.05, 0.1) is 12.8 Å². The fraction of sp³-hybridized carbons (Fsp3) is 0.556. The number of nitrogens with zero attached hydrogens (tertiary/aromatic N) is 3. The summed E-state index contributed by atoms with van der Waals surface area (Å²) < 4.78 is 5.24. The molecule has 0 saturated heterocycles. The van der Waals surface area contributed by atoms with Gasteiger partial charge in [-0.15, -0.1) is 0 Å². The van der Waals surface area contributed by atoms with Crippen LogP contribution in [-0.4, -0.2) is 36.8 Å². The Kier molecular flexibility index (Phi) is 4.58. The average molecular weight is 231 g/mol. The molecule has 5 nitrogen and oxygen atoms in total. The highest BCUT2D eigenvalue weighted by Gasteiger charge is 2.08. The first kappa shape index (κ1) is 12.0. The molecule has 0 bridgehead atoms. The molecule has 1 heterocycles. The number of nitrogens with two attached hydrogens (primary N) is 1. The second-order valence-electron chi connectivity index (χ2n) is 3.02. The van der Waals surface area contributed by atoms with Crippen LogP contribution < -0.4 is 10.6 Å². The van der Waals surface area contributed by atoms with Gasteiger partial charge in [0.15, 0.2) is 5.82 Å². The number of rotatable bonds is 5. The van der Waals surface area contributed by atoms with Gasteiger partial charge in [-0.25, -0.2) is 4.98 Å². The molecule has 0 aliphatic carbocycles. The molecule has 1 rings (SSSR count). The monoisotopic (exact) mass is 230 g/mol. The largest absolute Gasteiger partial charge is 0.380 e. The van der Waals surface area contributed by atoms with Crippen molar-refractivity contribution < 1.29 is 4.74 Å². The summed E-state index contributed by atoms with van der Waals surface area (Å²) in [4.78, 5) is 9.74. The summed E-state index contributed by atoms with van der Waals surface area (Å²) in [5.41, 5.74) is 5.48. The van der Waals surface area contributed by atoms with Crippen molar-refractivity contribution in [3.05, 3.63) is 11.2 Å². The summed E-state index contributed by atoms with van der Waals surface area (Å²) in [6.07, 6.45) is 1.50. The van der Waals surface area contributed by atoms with Crippen molar-refractivity contribution in [3.8, 4) is 0 Å². The minimum Gasteiger partial charge on any atom is -0.380 e. The molecule has 0 aliphatic rings. The molecule has 0 aliphatic heterocycles. The number of ether oxygens (including phenoxy) is 1. The zero-order valence-electron chi connectivity index (χ0n) is 8.90. The topological polar surface area (TPSA) is 64.3 Å². The second kappa shape index (κ2) is 5.72. The van der Waals surface area contributed by atoms with E-state index >= 15 is 0 Å². The molecule has 0 spiro atoms. The van der Waals surface area contributed by atoms with Crippen molar-refractivity contribution in [2.75, 3.05) is 37.4 Å².